The van der Waals surface area contributed by atoms with Crippen LogP contribution in [-0.2, 0) is 22.5 Å². The van der Waals surface area contributed by atoms with Crippen molar-refractivity contribution in [1.82, 2.24) is 4.98 Å². The van der Waals surface area contributed by atoms with Gasteiger partial charge in [-0.2, -0.15) is 0 Å². The van der Waals surface area contributed by atoms with Crippen LogP contribution in [0.3, 0.4) is 0 Å². The molecule has 0 spiro atoms. The highest BCUT2D eigenvalue weighted by molar-refractivity contribution is 6.02. The number of pyridine rings is 1. The van der Waals surface area contributed by atoms with Crippen molar-refractivity contribution in [2.75, 3.05) is 6.61 Å². The summed E-state index contributed by atoms with van der Waals surface area (Å²) in [5.74, 6) is 1.16. The lowest BCUT2D eigenvalue weighted by molar-refractivity contribution is -0.140. The standard InChI is InChI=1S/C26H32N2O4/c1-4-21-17(3)24(31-15-20-14-25(30)32-28-20)12-16(2)22(21)13-19-10-11-23(29)26(27-19)18-8-6-5-7-9-18/h10-12,18,29H,4-9,13-15H2,1-3H3. The van der Waals surface area contributed by atoms with E-state index in [1.54, 1.807) is 0 Å². The Morgan fingerprint density at radius 2 is 1.94 bits per heavy atom. The van der Waals surface area contributed by atoms with Crippen LogP contribution < -0.4 is 4.74 Å². The maximum Gasteiger partial charge on any atom is 0.340 e. The van der Waals surface area contributed by atoms with Crippen molar-refractivity contribution in [3.63, 3.8) is 0 Å². The van der Waals surface area contributed by atoms with E-state index in [1.807, 2.05) is 12.1 Å². The average molecular weight is 437 g/mol. The van der Waals surface area contributed by atoms with Crippen molar-refractivity contribution in [3.05, 3.63) is 51.8 Å². The highest BCUT2D eigenvalue weighted by atomic mass is 16.7. The molecule has 0 radical (unpaired) electrons. The largest absolute Gasteiger partial charge is 0.506 e. The van der Waals surface area contributed by atoms with E-state index in [4.69, 9.17) is 9.72 Å². The molecule has 4 rings (SSSR count). The molecule has 6 nitrogen and oxygen atoms in total. The van der Waals surface area contributed by atoms with E-state index >= 15 is 0 Å². The molecule has 1 aromatic heterocycles. The van der Waals surface area contributed by atoms with Gasteiger partial charge in [-0.15, -0.1) is 0 Å². The summed E-state index contributed by atoms with van der Waals surface area (Å²) in [6.07, 6.45) is 7.71. The number of nitrogens with zero attached hydrogens (tertiary/aromatic N) is 2. The molecular formula is C26H32N2O4. The molecule has 0 atom stereocenters. The number of rotatable bonds is 7. The molecule has 1 aliphatic heterocycles. The Labute approximate surface area is 189 Å². The first-order valence-electron chi connectivity index (χ1n) is 11.6. The van der Waals surface area contributed by atoms with Crippen LogP contribution in [0.1, 0.15) is 85.0 Å². The van der Waals surface area contributed by atoms with Gasteiger partial charge in [-0.1, -0.05) is 31.3 Å². The zero-order valence-electron chi connectivity index (χ0n) is 19.2. The van der Waals surface area contributed by atoms with Crippen molar-refractivity contribution in [3.8, 4) is 11.5 Å². The zero-order valence-corrected chi connectivity index (χ0v) is 19.2. The first-order chi connectivity index (χ1) is 15.5. The highest BCUT2D eigenvalue weighted by Gasteiger charge is 2.22. The maximum absolute atomic E-state index is 11.2. The third kappa shape index (κ3) is 4.79. The van der Waals surface area contributed by atoms with Crippen molar-refractivity contribution in [2.24, 2.45) is 5.16 Å². The van der Waals surface area contributed by atoms with E-state index in [0.717, 1.165) is 53.9 Å². The van der Waals surface area contributed by atoms with Gasteiger partial charge in [-0.05, 0) is 73.6 Å². The summed E-state index contributed by atoms with van der Waals surface area (Å²) in [6.45, 7) is 6.58. The van der Waals surface area contributed by atoms with E-state index in [0.29, 0.717) is 17.4 Å². The molecule has 1 saturated carbocycles. The molecule has 170 valence electrons. The predicted octanol–water partition coefficient (Wildman–Crippen LogP) is 5.29. The topological polar surface area (TPSA) is 81.0 Å². The highest BCUT2D eigenvalue weighted by Crippen LogP contribution is 2.36. The fourth-order valence-corrected chi connectivity index (χ4v) is 4.93. The number of aryl methyl sites for hydroxylation is 1. The van der Waals surface area contributed by atoms with Crippen LogP contribution in [0, 0.1) is 13.8 Å². The molecule has 1 fully saturated rings. The monoisotopic (exact) mass is 436 g/mol. The number of benzene rings is 1. The Morgan fingerprint density at radius 1 is 1.16 bits per heavy atom. The smallest absolute Gasteiger partial charge is 0.340 e. The number of carbonyl (C=O) groups is 1. The third-order valence-electron chi connectivity index (χ3n) is 6.69. The van der Waals surface area contributed by atoms with Gasteiger partial charge in [0, 0.05) is 18.0 Å². The van der Waals surface area contributed by atoms with Crippen molar-refractivity contribution >= 4 is 11.7 Å². The minimum atomic E-state index is -0.338. The summed E-state index contributed by atoms with van der Waals surface area (Å²) in [5, 5.41) is 14.2. The summed E-state index contributed by atoms with van der Waals surface area (Å²) >= 11 is 0. The van der Waals surface area contributed by atoms with Crippen molar-refractivity contribution in [2.45, 2.75) is 78.1 Å². The van der Waals surface area contributed by atoms with Gasteiger partial charge >= 0.3 is 5.97 Å². The van der Waals surface area contributed by atoms with Crippen LogP contribution in [0.2, 0.25) is 0 Å². The number of hydrogen-bond donors (Lipinski definition) is 1. The van der Waals surface area contributed by atoms with Gasteiger partial charge in [-0.3, -0.25) is 4.98 Å². The van der Waals surface area contributed by atoms with E-state index in [1.165, 1.54) is 30.4 Å². The van der Waals surface area contributed by atoms with Crippen LogP contribution in [-0.4, -0.2) is 28.4 Å². The Kier molecular flexibility index (Phi) is 6.77. The molecule has 0 unspecified atom stereocenters. The Morgan fingerprint density at radius 3 is 2.62 bits per heavy atom. The Bertz CT molecular complexity index is 1040. The van der Waals surface area contributed by atoms with Gasteiger partial charge < -0.3 is 14.7 Å². The second-order valence-electron chi connectivity index (χ2n) is 8.93. The van der Waals surface area contributed by atoms with Gasteiger partial charge in [-0.25, -0.2) is 4.79 Å². The molecule has 2 heterocycles. The lowest BCUT2D eigenvalue weighted by Gasteiger charge is -2.23. The minimum Gasteiger partial charge on any atom is -0.506 e. The van der Waals surface area contributed by atoms with Gasteiger partial charge in [0.1, 0.15) is 23.8 Å². The molecule has 0 bridgehead atoms. The number of ether oxygens (including phenoxy) is 1. The minimum absolute atomic E-state index is 0.187. The van der Waals surface area contributed by atoms with Gasteiger partial charge in [0.15, 0.2) is 0 Å². The van der Waals surface area contributed by atoms with Crippen LogP contribution in [0.5, 0.6) is 11.5 Å². The van der Waals surface area contributed by atoms with E-state index < -0.39 is 0 Å². The summed E-state index contributed by atoms with van der Waals surface area (Å²) in [4.78, 5) is 20.8. The molecule has 0 amide bonds. The van der Waals surface area contributed by atoms with Crippen LogP contribution in [0.4, 0.5) is 0 Å². The fraction of sp³-hybridized carbons (Fsp3) is 0.500. The quantitative estimate of drug-likeness (QED) is 0.597. The second kappa shape index (κ2) is 9.72. The van der Waals surface area contributed by atoms with Crippen molar-refractivity contribution < 1.29 is 19.5 Å². The predicted molar refractivity (Wildman–Crippen MR) is 123 cm³/mol. The summed E-state index contributed by atoms with van der Waals surface area (Å²) < 4.78 is 6.00. The lowest BCUT2D eigenvalue weighted by Crippen LogP contribution is -2.13. The molecule has 1 aromatic carbocycles. The normalized spacial score (nSPS) is 16.7. The van der Waals surface area contributed by atoms with E-state index in [-0.39, 0.29) is 19.0 Å². The molecule has 1 N–H and O–H groups in total. The molecule has 2 aliphatic rings. The van der Waals surface area contributed by atoms with E-state index in [2.05, 4.69) is 36.8 Å². The maximum atomic E-state index is 11.2. The number of hydrogen-bond acceptors (Lipinski definition) is 6. The SMILES string of the molecule is CCc1c(C)c(OCC2=NOC(=O)C2)cc(C)c1Cc1ccc(O)c(C2CCCCC2)n1. The fourth-order valence-electron chi connectivity index (χ4n) is 4.93. The zero-order chi connectivity index (χ0) is 22.7. The van der Waals surface area contributed by atoms with Gasteiger partial charge in [0.05, 0.1) is 12.1 Å². The van der Waals surface area contributed by atoms with Crippen molar-refractivity contribution in [1.29, 1.82) is 0 Å². The molecule has 32 heavy (non-hydrogen) atoms. The van der Waals surface area contributed by atoms with E-state index in [9.17, 15) is 9.90 Å². The first kappa shape index (κ1) is 22.3. The lowest BCUT2D eigenvalue weighted by atomic mass is 9.86. The van der Waals surface area contributed by atoms with Crippen LogP contribution >= 0.6 is 0 Å². The molecule has 1 aliphatic carbocycles. The third-order valence-corrected chi connectivity index (χ3v) is 6.69. The van der Waals surface area contributed by atoms with Gasteiger partial charge in [0.2, 0.25) is 0 Å². The number of aromatic nitrogens is 1. The molecule has 2 aromatic rings. The Balaban J connectivity index is 1.57. The summed E-state index contributed by atoms with van der Waals surface area (Å²) in [6, 6.07) is 5.81. The summed E-state index contributed by atoms with van der Waals surface area (Å²) in [7, 11) is 0. The molecule has 6 heteroatoms. The van der Waals surface area contributed by atoms with Crippen LogP contribution in [0.15, 0.2) is 23.4 Å². The number of oxime groups is 1. The summed E-state index contributed by atoms with van der Waals surface area (Å²) in [5.41, 5.74) is 7.24. The first-order valence-corrected chi connectivity index (χ1v) is 11.6. The Hall–Kier alpha value is -2.89. The average Bonchev–Trinajstić information content (AvgIpc) is 3.22. The number of carbonyl (C=O) groups excluding carboxylic acids is 1. The molecule has 0 saturated heterocycles. The molecular weight excluding hydrogens is 404 g/mol. The second-order valence-corrected chi connectivity index (χ2v) is 8.93. The van der Waals surface area contributed by atoms with Crippen LogP contribution in [0.25, 0.3) is 0 Å². The van der Waals surface area contributed by atoms with Gasteiger partial charge in [0.25, 0.3) is 0 Å². The number of aromatic hydroxyl groups is 1.